The maximum atomic E-state index is 12.8. The van der Waals surface area contributed by atoms with Crippen LogP contribution in [0.2, 0.25) is 0 Å². The van der Waals surface area contributed by atoms with Gasteiger partial charge in [0.2, 0.25) is 0 Å². The van der Waals surface area contributed by atoms with E-state index in [4.69, 9.17) is 14.2 Å². The summed E-state index contributed by atoms with van der Waals surface area (Å²) in [6.45, 7) is 9.80. The quantitative estimate of drug-likeness (QED) is 0.694. The number of carbonyl (C=O) groups is 2. The van der Waals surface area contributed by atoms with Crippen molar-refractivity contribution in [2.45, 2.75) is 78.0 Å². The topological polar surface area (TPSA) is 73.9 Å². The molecular weight excluding hydrogens is 406 g/mol. The van der Waals surface area contributed by atoms with E-state index >= 15 is 0 Å². The monoisotopic (exact) mass is 441 g/mol. The average Bonchev–Trinajstić information content (AvgIpc) is 3.12. The number of benzene rings is 1. The lowest BCUT2D eigenvalue weighted by Gasteiger charge is -2.67. The summed E-state index contributed by atoms with van der Waals surface area (Å²) in [7, 11) is 3.19. The summed E-state index contributed by atoms with van der Waals surface area (Å²) in [6, 6.07) is 1.71. The Labute approximate surface area is 190 Å². The summed E-state index contributed by atoms with van der Waals surface area (Å²) in [5, 5.41) is 2.92. The number of methoxy groups -OCH3 is 2. The molecule has 6 heteroatoms. The van der Waals surface area contributed by atoms with Gasteiger partial charge in [-0.15, -0.1) is 0 Å². The van der Waals surface area contributed by atoms with Crippen LogP contribution in [0.4, 0.5) is 0 Å². The molecule has 2 fully saturated rings. The van der Waals surface area contributed by atoms with Gasteiger partial charge < -0.3 is 19.5 Å². The zero-order valence-electron chi connectivity index (χ0n) is 20.1. The molecule has 4 aliphatic rings. The van der Waals surface area contributed by atoms with Gasteiger partial charge in [-0.05, 0) is 43.1 Å². The van der Waals surface area contributed by atoms with E-state index in [-0.39, 0.29) is 22.8 Å². The van der Waals surface area contributed by atoms with E-state index in [2.05, 4.69) is 33.0 Å². The molecule has 1 N–H and O–H groups in total. The van der Waals surface area contributed by atoms with Crippen molar-refractivity contribution in [2.75, 3.05) is 14.2 Å². The molecule has 2 saturated carbocycles. The van der Waals surface area contributed by atoms with Gasteiger partial charge in [-0.3, -0.25) is 4.79 Å². The number of rotatable bonds is 2. The fraction of sp³-hybridized carbons (Fsp3) is 0.692. The summed E-state index contributed by atoms with van der Waals surface area (Å²) < 4.78 is 18.3. The van der Waals surface area contributed by atoms with Crippen LogP contribution in [0.5, 0.6) is 5.75 Å². The maximum absolute atomic E-state index is 12.8. The normalized spacial score (nSPS) is 36.7. The van der Waals surface area contributed by atoms with Gasteiger partial charge in [0.1, 0.15) is 11.4 Å². The van der Waals surface area contributed by atoms with Gasteiger partial charge in [-0.2, -0.15) is 0 Å². The maximum Gasteiger partial charge on any atom is 0.338 e. The number of nitrogens with one attached hydrogen (secondary N) is 1. The van der Waals surface area contributed by atoms with Crippen LogP contribution in [0.15, 0.2) is 6.07 Å². The molecule has 6 nitrogen and oxygen atoms in total. The van der Waals surface area contributed by atoms with Crippen molar-refractivity contribution in [1.82, 2.24) is 5.32 Å². The molecule has 2 aliphatic carbocycles. The fourth-order valence-electron chi connectivity index (χ4n) is 7.57. The minimum absolute atomic E-state index is 0.0645. The first kappa shape index (κ1) is 21.7. The number of hydrogen-bond acceptors (Lipinski definition) is 5. The van der Waals surface area contributed by atoms with Gasteiger partial charge in [0.05, 0.1) is 18.8 Å². The predicted molar refractivity (Wildman–Crippen MR) is 120 cm³/mol. The molecule has 0 bridgehead atoms. The second-order valence-corrected chi connectivity index (χ2v) is 11.3. The standard InChI is InChI=1S/C26H35NO5/c1-14-7-8-20-24(2,3)10-15(30-5)11-26(20)25(14,4)12-18-17(23(29)31-6)9-16-19(21(18)32-26)13-27-22(16)28/h9,14-15,20H,7-8,10-13H2,1-6H3,(H,27,28). The Bertz CT molecular complexity index is 1000. The second-order valence-electron chi connectivity index (χ2n) is 11.3. The number of amides is 1. The highest BCUT2D eigenvalue weighted by Gasteiger charge is 2.67. The Morgan fingerprint density at radius 3 is 2.59 bits per heavy atom. The first-order chi connectivity index (χ1) is 15.1. The molecule has 0 aromatic heterocycles. The van der Waals surface area contributed by atoms with E-state index in [0.717, 1.165) is 49.0 Å². The minimum Gasteiger partial charge on any atom is -0.486 e. The van der Waals surface area contributed by atoms with E-state index < -0.39 is 11.6 Å². The van der Waals surface area contributed by atoms with Crippen LogP contribution in [0, 0.1) is 22.7 Å². The van der Waals surface area contributed by atoms with Crippen molar-refractivity contribution in [1.29, 1.82) is 0 Å². The summed E-state index contributed by atoms with van der Waals surface area (Å²) in [6.07, 6.45) is 4.95. The third-order valence-corrected chi connectivity index (χ3v) is 9.46. The number of carbonyl (C=O) groups excluding carboxylic acids is 2. The molecule has 1 aromatic rings. The average molecular weight is 442 g/mol. The molecule has 5 atom stereocenters. The molecule has 32 heavy (non-hydrogen) atoms. The molecule has 0 saturated heterocycles. The third-order valence-electron chi connectivity index (χ3n) is 9.46. The Morgan fingerprint density at radius 1 is 1.16 bits per heavy atom. The summed E-state index contributed by atoms with van der Waals surface area (Å²) >= 11 is 0. The molecule has 1 aromatic carbocycles. The highest BCUT2D eigenvalue weighted by molar-refractivity contribution is 6.03. The summed E-state index contributed by atoms with van der Waals surface area (Å²) in [5.41, 5.74) is 2.26. The van der Waals surface area contributed by atoms with Crippen LogP contribution in [0.3, 0.4) is 0 Å². The summed E-state index contributed by atoms with van der Waals surface area (Å²) in [5.74, 6) is 0.959. The van der Waals surface area contributed by atoms with Crippen LogP contribution < -0.4 is 10.1 Å². The number of fused-ring (bicyclic) bond motifs is 3. The molecule has 2 heterocycles. The molecule has 1 amide bonds. The highest BCUT2D eigenvalue weighted by Crippen LogP contribution is 2.66. The molecule has 5 unspecified atom stereocenters. The zero-order chi connectivity index (χ0) is 23.1. The van der Waals surface area contributed by atoms with Gasteiger partial charge in [-0.25, -0.2) is 4.79 Å². The SMILES string of the molecule is COC(=O)c1cc2c(c3c1CC1(C)C(C)CCC4C(C)(C)CC(OC)CC41O3)CNC2=O. The molecule has 0 radical (unpaired) electrons. The second kappa shape index (κ2) is 6.96. The first-order valence-electron chi connectivity index (χ1n) is 11.8. The minimum atomic E-state index is -0.411. The number of esters is 1. The fourth-order valence-corrected chi connectivity index (χ4v) is 7.57. The van der Waals surface area contributed by atoms with Crippen molar-refractivity contribution in [3.8, 4) is 5.75 Å². The Hall–Kier alpha value is -2.08. The van der Waals surface area contributed by atoms with Crippen LogP contribution in [0.25, 0.3) is 0 Å². The Kier molecular flexibility index (Phi) is 4.73. The van der Waals surface area contributed by atoms with Crippen molar-refractivity contribution < 1.29 is 23.8 Å². The van der Waals surface area contributed by atoms with Crippen LogP contribution >= 0.6 is 0 Å². The van der Waals surface area contributed by atoms with E-state index in [0.29, 0.717) is 29.5 Å². The van der Waals surface area contributed by atoms with Crippen LogP contribution in [-0.4, -0.2) is 37.8 Å². The number of hydrogen-bond donors (Lipinski definition) is 1. The highest BCUT2D eigenvalue weighted by atomic mass is 16.5. The van der Waals surface area contributed by atoms with E-state index in [1.165, 1.54) is 7.11 Å². The van der Waals surface area contributed by atoms with Crippen molar-refractivity contribution >= 4 is 11.9 Å². The lowest BCUT2D eigenvalue weighted by molar-refractivity contribution is -0.233. The van der Waals surface area contributed by atoms with Gasteiger partial charge >= 0.3 is 5.97 Å². The smallest absolute Gasteiger partial charge is 0.338 e. The lowest BCUT2D eigenvalue weighted by Crippen LogP contribution is -2.70. The van der Waals surface area contributed by atoms with Gasteiger partial charge in [-0.1, -0.05) is 27.7 Å². The van der Waals surface area contributed by atoms with Crippen molar-refractivity contribution in [2.24, 2.45) is 22.7 Å². The van der Waals surface area contributed by atoms with Crippen LogP contribution in [0.1, 0.15) is 85.2 Å². The largest absolute Gasteiger partial charge is 0.486 e. The lowest BCUT2D eigenvalue weighted by atomic mass is 9.43. The molecule has 5 rings (SSSR count). The molecule has 174 valence electrons. The Morgan fingerprint density at radius 2 is 1.91 bits per heavy atom. The van der Waals surface area contributed by atoms with E-state index in [1.54, 1.807) is 13.2 Å². The molecular formula is C26H35NO5. The summed E-state index contributed by atoms with van der Waals surface area (Å²) in [4.78, 5) is 25.3. The Balaban J connectivity index is 1.77. The third kappa shape index (κ3) is 2.68. The van der Waals surface area contributed by atoms with Crippen molar-refractivity contribution in [3.63, 3.8) is 0 Å². The van der Waals surface area contributed by atoms with Crippen LogP contribution in [-0.2, 0) is 22.4 Å². The molecule has 2 aliphatic heterocycles. The number of ether oxygens (including phenoxy) is 3. The van der Waals surface area contributed by atoms with Crippen molar-refractivity contribution in [3.05, 3.63) is 28.3 Å². The molecule has 1 spiro atoms. The van der Waals surface area contributed by atoms with Gasteiger partial charge in [0.15, 0.2) is 0 Å². The zero-order valence-corrected chi connectivity index (χ0v) is 20.1. The van der Waals surface area contributed by atoms with E-state index in [9.17, 15) is 9.59 Å². The van der Waals surface area contributed by atoms with Gasteiger partial charge in [0, 0.05) is 48.1 Å². The first-order valence-corrected chi connectivity index (χ1v) is 11.8. The predicted octanol–water partition coefficient (Wildman–Crippen LogP) is 4.28. The van der Waals surface area contributed by atoms with Gasteiger partial charge in [0.25, 0.3) is 5.91 Å². The van der Waals surface area contributed by atoms with E-state index in [1.807, 2.05) is 0 Å².